The maximum Gasteiger partial charge on any atom is 0.332 e. The number of nitrogens with zero attached hydrogens (tertiary/aromatic N) is 2. The van der Waals surface area contributed by atoms with Crippen molar-refractivity contribution in [3.05, 3.63) is 64.4 Å². The van der Waals surface area contributed by atoms with Gasteiger partial charge in [0, 0.05) is 16.8 Å². The number of primary amides is 1. The van der Waals surface area contributed by atoms with E-state index in [0.29, 0.717) is 16.4 Å². The van der Waals surface area contributed by atoms with Crippen molar-refractivity contribution >= 4 is 23.3 Å². The molecule has 0 aliphatic rings. The fourth-order valence-corrected chi connectivity index (χ4v) is 2.40. The van der Waals surface area contributed by atoms with Crippen LogP contribution in [0.5, 0.6) is 0 Å². The zero-order chi connectivity index (χ0) is 17.7. The SMILES string of the molecule is CC(C)(C)Cc1ccc(/C(=N/NC(N)=O)c2ccc(Cl)cc2)nc1. The van der Waals surface area contributed by atoms with Gasteiger partial charge in [-0.2, -0.15) is 5.10 Å². The Morgan fingerprint density at radius 1 is 1.21 bits per heavy atom. The number of halogens is 1. The van der Waals surface area contributed by atoms with E-state index in [1.807, 2.05) is 30.5 Å². The summed E-state index contributed by atoms with van der Waals surface area (Å²) >= 11 is 5.93. The van der Waals surface area contributed by atoms with Crippen LogP contribution in [0.4, 0.5) is 4.79 Å². The van der Waals surface area contributed by atoms with Crippen LogP contribution >= 0.6 is 11.6 Å². The molecule has 2 rings (SSSR count). The first kappa shape index (κ1) is 17.9. The smallest absolute Gasteiger partial charge is 0.332 e. The number of amides is 2. The predicted octanol–water partition coefficient (Wildman–Crippen LogP) is 3.74. The number of hydrazone groups is 1. The van der Waals surface area contributed by atoms with E-state index in [-0.39, 0.29) is 5.41 Å². The summed E-state index contributed by atoms with van der Waals surface area (Å²) in [5.41, 5.74) is 10.7. The molecule has 1 heterocycles. The minimum absolute atomic E-state index is 0.184. The molecule has 1 aromatic heterocycles. The molecule has 0 saturated carbocycles. The van der Waals surface area contributed by atoms with Gasteiger partial charge in [-0.15, -0.1) is 0 Å². The number of nitrogens with two attached hydrogens (primary N) is 1. The minimum Gasteiger partial charge on any atom is -0.350 e. The van der Waals surface area contributed by atoms with Gasteiger partial charge in [-0.3, -0.25) is 4.98 Å². The Kier molecular flexibility index (Phi) is 5.57. The molecule has 2 amide bonds. The summed E-state index contributed by atoms with van der Waals surface area (Å²) in [6.45, 7) is 6.54. The Bertz CT molecular complexity index is 731. The molecule has 24 heavy (non-hydrogen) atoms. The van der Waals surface area contributed by atoms with E-state index in [4.69, 9.17) is 17.3 Å². The number of hydrogen-bond acceptors (Lipinski definition) is 3. The normalized spacial score (nSPS) is 12.1. The molecule has 0 aliphatic carbocycles. The summed E-state index contributed by atoms with van der Waals surface area (Å²) in [6.07, 6.45) is 2.75. The first-order valence-corrected chi connectivity index (χ1v) is 7.97. The van der Waals surface area contributed by atoms with Crippen molar-refractivity contribution < 1.29 is 4.79 Å². The summed E-state index contributed by atoms with van der Waals surface area (Å²) in [7, 11) is 0. The predicted molar refractivity (Wildman–Crippen MR) is 97.2 cm³/mol. The number of hydrogen-bond donors (Lipinski definition) is 2. The number of carbonyl (C=O) groups excluding carboxylic acids is 1. The van der Waals surface area contributed by atoms with E-state index in [1.54, 1.807) is 12.1 Å². The fraction of sp³-hybridized carbons (Fsp3) is 0.278. The standard InChI is InChI=1S/C18H21ClN4O/c1-18(2,3)10-12-4-9-15(21-11-12)16(22-23-17(20)24)13-5-7-14(19)8-6-13/h4-9,11H,10H2,1-3H3,(H3,20,23,24)/b22-16+. The Morgan fingerprint density at radius 3 is 2.38 bits per heavy atom. The third-order valence-electron chi connectivity index (χ3n) is 3.20. The summed E-state index contributed by atoms with van der Waals surface area (Å²) < 4.78 is 0. The number of carbonyl (C=O) groups is 1. The van der Waals surface area contributed by atoms with Crippen LogP contribution in [0.3, 0.4) is 0 Å². The van der Waals surface area contributed by atoms with Crippen LogP contribution in [0.1, 0.15) is 37.6 Å². The molecular weight excluding hydrogens is 324 g/mol. The number of aromatic nitrogens is 1. The zero-order valence-corrected chi connectivity index (χ0v) is 14.8. The van der Waals surface area contributed by atoms with Crippen LogP contribution in [0, 0.1) is 5.41 Å². The first-order chi connectivity index (χ1) is 11.2. The maximum absolute atomic E-state index is 11.0. The average Bonchev–Trinajstić information content (AvgIpc) is 2.49. The fourth-order valence-electron chi connectivity index (χ4n) is 2.27. The second-order valence-electron chi connectivity index (χ2n) is 6.73. The van der Waals surface area contributed by atoms with E-state index in [0.717, 1.165) is 17.5 Å². The quantitative estimate of drug-likeness (QED) is 0.654. The molecule has 6 heteroatoms. The van der Waals surface area contributed by atoms with Gasteiger partial charge in [-0.05, 0) is 35.6 Å². The topological polar surface area (TPSA) is 80.4 Å². The highest BCUT2D eigenvalue weighted by Crippen LogP contribution is 2.20. The van der Waals surface area contributed by atoms with E-state index in [9.17, 15) is 4.79 Å². The molecular formula is C18H21ClN4O. The molecule has 126 valence electrons. The Balaban J connectivity index is 2.35. The van der Waals surface area contributed by atoms with Crippen LogP contribution < -0.4 is 11.2 Å². The third kappa shape index (κ3) is 5.35. The molecule has 0 fully saturated rings. The van der Waals surface area contributed by atoms with Gasteiger partial charge in [0.25, 0.3) is 0 Å². The molecule has 0 atom stereocenters. The Hall–Kier alpha value is -2.40. The van der Waals surface area contributed by atoms with Crippen LogP contribution in [-0.4, -0.2) is 16.7 Å². The van der Waals surface area contributed by atoms with Gasteiger partial charge in [0.1, 0.15) is 5.71 Å². The molecule has 1 aromatic carbocycles. The van der Waals surface area contributed by atoms with Crippen molar-refractivity contribution in [3.8, 4) is 0 Å². The molecule has 3 N–H and O–H groups in total. The van der Waals surface area contributed by atoms with E-state index in [2.05, 4.69) is 36.3 Å². The van der Waals surface area contributed by atoms with Gasteiger partial charge in [0.05, 0.1) is 5.69 Å². The van der Waals surface area contributed by atoms with Crippen molar-refractivity contribution in [2.45, 2.75) is 27.2 Å². The van der Waals surface area contributed by atoms with Gasteiger partial charge in [0.15, 0.2) is 0 Å². The number of pyridine rings is 1. The lowest BCUT2D eigenvalue weighted by atomic mass is 9.89. The van der Waals surface area contributed by atoms with Crippen LogP contribution in [-0.2, 0) is 6.42 Å². The highest BCUT2D eigenvalue weighted by atomic mass is 35.5. The van der Waals surface area contributed by atoms with E-state index >= 15 is 0 Å². The average molecular weight is 345 g/mol. The second-order valence-corrected chi connectivity index (χ2v) is 7.17. The second kappa shape index (κ2) is 7.45. The van der Waals surface area contributed by atoms with Gasteiger partial charge >= 0.3 is 6.03 Å². The zero-order valence-electron chi connectivity index (χ0n) is 14.0. The van der Waals surface area contributed by atoms with Gasteiger partial charge in [-0.1, -0.05) is 50.6 Å². The van der Waals surface area contributed by atoms with Crippen LogP contribution in [0.15, 0.2) is 47.7 Å². The molecule has 2 aromatic rings. The largest absolute Gasteiger partial charge is 0.350 e. The highest BCUT2D eigenvalue weighted by molar-refractivity contribution is 6.30. The summed E-state index contributed by atoms with van der Waals surface area (Å²) in [5.74, 6) is 0. The van der Waals surface area contributed by atoms with Gasteiger partial charge in [0.2, 0.25) is 0 Å². The van der Waals surface area contributed by atoms with Crippen LogP contribution in [0.2, 0.25) is 5.02 Å². The van der Waals surface area contributed by atoms with Gasteiger partial charge < -0.3 is 5.73 Å². The summed E-state index contributed by atoms with van der Waals surface area (Å²) in [6, 6.07) is 10.3. The monoisotopic (exact) mass is 344 g/mol. The van der Waals surface area contributed by atoms with Crippen molar-refractivity contribution in [1.82, 2.24) is 10.4 Å². The van der Waals surface area contributed by atoms with Crippen molar-refractivity contribution in [3.63, 3.8) is 0 Å². The number of urea groups is 1. The highest BCUT2D eigenvalue weighted by Gasteiger charge is 2.13. The maximum atomic E-state index is 11.0. The molecule has 5 nitrogen and oxygen atoms in total. The van der Waals surface area contributed by atoms with Crippen molar-refractivity contribution in [2.75, 3.05) is 0 Å². The van der Waals surface area contributed by atoms with E-state index in [1.165, 1.54) is 0 Å². The summed E-state index contributed by atoms with van der Waals surface area (Å²) in [4.78, 5) is 15.5. The summed E-state index contributed by atoms with van der Waals surface area (Å²) in [5, 5.41) is 4.70. The minimum atomic E-state index is -0.731. The lowest BCUT2D eigenvalue weighted by Gasteiger charge is -2.18. The molecule has 0 radical (unpaired) electrons. The van der Waals surface area contributed by atoms with E-state index < -0.39 is 6.03 Å². The first-order valence-electron chi connectivity index (χ1n) is 7.59. The lowest BCUT2D eigenvalue weighted by Crippen LogP contribution is -2.26. The molecule has 0 aliphatic heterocycles. The molecule has 0 saturated heterocycles. The Labute approximate surface area is 146 Å². The molecule has 0 unspecified atom stereocenters. The Morgan fingerprint density at radius 2 is 1.88 bits per heavy atom. The molecule has 0 bridgehead atoms. The third-order valence-corrected chi connectivity index (χ3v) is 3.45. The van der Waals surface area contributed by atoms with Crippen molar-refractivity contribution in [2.24, 2.45) is 16.3 Å². The van der Waals surface area contributed by atoms with Crippen LogP contribution in [0.25, 0.3) is 0 Å². The van der Waals surface area contributed by atoms with Crippen molar-refractivity contribution in [1.29, 1.82) is 0 Å². The number of rotatable bonds is 4. The van der Waals surface area contributed by atoms with Gasteiger partial charge in [-0.25, -0.2) is 10.2 Å². The molecule has 0 spiro atoms. The number of nitrogens with one attached hydrogen (secondary N) is 1. The lowest BCUT2D eigenvalue weighted by molar-refractivity contribution is 0.249. The number of benzene rings is 1.